The molecule has 17 heavy (non-hydrogen) atoms. The molecule has 0 aliphatic heterocycles. The van der Waals surface area contributed by atoms with E-state index in [2.05, 4.69) is 49.7 Å². The van der Waals surface area contributed by atoms with E-state index in [1.807, 2.05) is 6.20 Å². The molecule has 0 saturated heterocycles. The molecule has 1 heterocycles. The Morgan fingerprint density at radius 2 is 1.94 bits per heavy atom. The molecule has 0 bridgehead atoms. The van der Waals surface area contributed by atoms with Gasteiger partial charge in [-0.15, -0.1) is 11.6 Å². The number of hydrogen-bond acceptors (Lipinski definition) is 2. The first kappa shape index (κ1) is 14.3. The van der Waals surface area contributed by atoms with E-state index in [1.165, 1.54) is 5.56 Å². The molecule has 0 fully saturated rings. The fourth-order valence-corrected chi connectivity index (χ4v) is 1.93. The lowest BCUT2D eigenvalue weighted by Gasteiger charge is -2.24. The highest BCUT2D eigenvalue weighted by Crippen LogP contribution is 2.23. The normalized spacial score (nSPS) is 11.6. The van der Waals surface area contributed by atoms with E-state index < -0.39 is 0 Å². The highest BCUT2D eigenvalue weighted by molar-refractivity contribution is 6.18. The summed E-state index contributed by atoms with van der Waals surface area (Å²) in [5, 5.41) is 0. The van der Waals surface area contributed by atoms with Crippen LogP contribution in [0.2, 0.25) is 0 Å². The van der Waals surface area contributed by atoms with Gasteiger partial charge in [-0.2, -0.15) is 0 Å². The van der Waals surface area contributed by atoms with E-state index in [4.69, 9.17) is 11.6 Å². The van der Waals surface area contributed by atoms with Gasteiger partial charge < -0.3 is 4.90 Å². The predicted octanol–water partition coefficient (Wildman–Crippen LogP) is 3.83. The van der Waals surface area contributed by atoms with Gasteiger partial charge in [0.2, 0.25) is 0 Å². The number of alkyl halides is 1. The molecule has 0 N–H and O–H groups in total. The van der Waals surface area contributed by atoms with Crippen LogP contribution in [0.15, 0.2) is 18.3 Å². The highest BCUT2D eigenvalue weighted by atomic mass is 35.5. The Morgan fingerprint density at radius 1 is 1.24 bits per heavy atom. The molecule has 0 aliphatic carbocycles. The van der Waals surface area contributed by atoms with Crippen LogP contribution >= 0.6 is 11.6 Å². The predicted molar refractivity (Wildman–Crippen MR) is 76.2 cm³/mol. The van der Waals surface area contributed by atoms with E-state index in [0.29, 0.717) is 5.88 Å². The van der Waals surface area contributed by atoms with E-state index in [0.717, 1.165) is 25.3 Å². The number of nitrogens with zero attached hydrogens (tertiary/aromatic N) is 2. The summed E-state index contributed by atoms with van der Waals surface area (Å²) in [6.45, 7) is 10.6. The largest absolute Gasteiger partial charge is 0.355 e. The smallest absolute Gasteiger partial charge is 0.128 e. The monoisotopic (exact) mass is 254 g/mol. The second-order valence-electron chi connectivity index (χ2n) is 5.33. The minimum atomic E-state index is 0.160. The summed E-state index contributed by atoms with van der Waals surface area (Å²) in [4.78, 5) is 6.79. The first-order chi connectivity index (χ1) is 7.99. The first-order valence-corrected chi connectivity index (χ1v) is 6.80. The average Bonchev–Trinajstić information content (AvgIpc) is 2.28. The van der Waals surface area contributed by atoms with Crippen LogP contribution in [-0.4, -0.2) is 24.0 Å². The number of pyridine rings is 1. The van der Waals surface area contributed by atoms with Crippen LogP contribution in [0.25, 0.3) is 0 Å². The van der Waals surface area contributed by atoms with Crippen molar-refractivity contribution in [3.63, 3.8) is 0 Å². The van der Waals surface area contributed by atoms with Crippen molar-refractivity contribution in [1.29, 1.82) is 0 Å². The van der Waals surface area contributed by atoms with Crippen molar-refractivity contribution < 1.29 is 0 Å². The minimum Gasteiger partial charge on any atom is -0.355 e. The summed E-state index contributed by atoms with van der Waals surface area (Å²) in [7, 11) is 0. The molecule has 1 rings (SSSR count). The molecule has 1 aromatic heterocycles. The van der Waals surface area contributed by atoms with E-state index in [1.54, 1.807) is 0 Å². The molecule has 0 aliphatic rings. The minimum absolute atomic E-state index is 0.160. The second kappa shape index (κ2) is 6.25. The van der Waals surface area contributed by atoms with E-state index >= 15 is 0 Å². The lowest BCUT2D eigenvalue weighted by Crippen LogP contribution is -2.27. The van der Waals surface area contributed by atoms with Crippen molar-refractivity contribution in [3.05, 3.63) is 23.9 Å². The maximum Gasteiger partial charge on any atom is 0.128 e. The molecular weight excluding hydrogens is 232 g/mol. The topological polar surface area (TPSA) is 16.1 Å². The quantitative estimate of drug-likeness (QED) is 0.743. The Bertz CT molecular complexity index is 321. The molecule has 0 atom stereocenters. The Balaban J connectivity index is 2.84. The van der Waals surface area contributed by atoms with Gasteiger partial charge in [-0.1, -0.05) is 33.8 Å². The van der Waals surface area contributed by atoms with Gasteiger partial charge in [-0.25, -0.2) is 4.98 Å². The van der Waals surface area contributed by atoms with Crippen LogP contribution in [0.4, 0.5) is 5.82 Å². The van der Waals surface area contributed by atoms with Gasteiger partial charge in [0.15, 0.2) is 0 Å². The number of halogens is 1. The van der Waals surface area contributed by atoms with E-state index in [-0.39, 0.29) is 5.41 Å². The van der Waals surface area contributed by atoms with Gasteiger partial charge in [0.05, 0.1) is 0 Å². The van der Waals surface area contributed by atoms with Gasteiger partial charge in [0, 0.05) is 25.2 Å². The van der Waals surface area contributed by atoms with Crippen molar-refractivity contribution in [2.24, 2.45) is 0 Å². The van der Waals surface area contributed by atoms with Gasteiger partial charge in [-0.05, 0) is 23.5 Å². The molecule has 1 aromatic rings. The number of aromatic nitrogens is 1. The van der Waals surface area contributed by atoms with Crippen LogP contribution < -0.4 is 4.90 Å². The van der Waals surface area contributed by atoms with Crippen molar-refractivity contribution in [1.82, 2.24) is 4.98 Å². The summed E-state index contributed by atoms with van der Waals surface area (Å²) in [5.74, 6) is 1.67. The fraction of sp³-hybridized carbons (Fsp3) is 0.643. The lowest BCUT2D eigenvalue weighted by molar-refractivity contribution is 0.587. The summed E-state index contributed by atoms with van der Waals surface area (Å²) in [6.07, 6.45) is 3.09. The van der Waals surface area contributed by atoms with Crippen LogP contribution in [-0.2, 0) is 5.41 Å². The van der Waals surface area contributed by atoms with Crippen molar-refractivity contribution in [2.45, 2.75) is 39.5 Å². The zero-order chi connectivity index (χ0) is 12.9. The lowest BCUT2D eigenvalue weighted by atomic mass is 9.88. The van der Waals surface area contributed by atoms with Crippen LogP contribution in [0.5, 0.6) is 0 Å². The molecule has 0 spiro atoms. The summed E-state index contributed by atoms with van der Waals surface area (Å²) >= 11 is 5.82. The molecule has 3 heteroatoms. The fourth-order valence-electron chi connectivity index (χ4n) is 1.73. The van der Waals surface area contributed by atoms with Gasteiger partial charge in [0.1, 0.15) is 5.82 Å². The molecule has 0 amide bonds. The Morgan fingerprint density at radius 3 is 2.35 bits per heavy atom. The molecule has 0 radical (unpaired) electrons. The first-order valence-electron chi connectivity index (χ1n) is 6.26. The third-order valence-electron chi connectivity index (χ3n) is 2.79. The van der Waals surface area contributed by atoms with Crippen molar-refractivity contribution in [2.75, 3.05) is 23.9 Å². The van der Waals surface area contributed by atoms with Crippen LogP contribution in [0.3, 0.4) is 0 Å². The van der Waals surface area contributed by atoms with Gasteiger partial charge >= 0.3 is 0 Å². The molecule has 96 valence electrons. The summed E-state index contributed by atoms with van der Waals surface area (Å²) in [5.41, 5.74) is 1.43. The van der Waals surface area contributed by atoms with Crippen LogP contribution in [0.1, 0.15) is 39.7 Å². The third kappa shape index (κ3) is 4.19. The van der Waals surface area contributed by atoms with Crippen LogP contribution in [0, 0.1) is 0 Å². The Hall–Kier alpha value is -0.760. The number of rotatable bonds is 5. The SMILES string of the molecule is CCCN(CCCl)c1ccc(C(C)(C)C)cn1. The Kier molecular flexibility index (Phi) is 5.26. The number of hydrogen-bond donors (Lipinski definition) is 0. The molecule has 2 nitrogen and oxygen atoms in total. The standard InChI is InChI=1S/C14H23ClN2/c1-5-9-17(10-8-15)13-7-6-12(11-16-13)14(2,3)4/h6-7,11H,5,8-10H2,1-4H3. The zero-order valence-corrected chi connectivity index (χ0v) is 12.1. The summed E-state index contributed by atoms with van der Waals surface area (Å²) < 4.78 is 0. The maximum atomic E-state index is 5.82. The maximum absolute atomic E-state index is 5.82. The molecule has 0 unspecified atom stereocenters. The Labute approximate surface area is 110 Å². The van der Waals surface area contributed by atoms with Crippen molar-refractivity contribution in [3.8, 4) is 0 Å². The molecular formula is C14H23ClN2. The highest BCUT2D eigenvalue weighted by Gasteiger charge is 2.14. The average molecular weight is 255 g/mol. The van der Waals surface area contributed by atoms with Gasteiger partial charge in [-0.3, -0.25) is 0 Å². The summed E-state index contributed by atoms with van der Waals surface area (Å²) in [6, 6.07) is 4.27. The molecule has 0 saturated carbocycles. The van der Waals surface area contributed by atoms with Crippen molar-refractivity contribution >= 4 is 17.4 Å². The zero-order valence-electron chi connectivity index (χ0n) is 11.3. The number of anilines is 1. The van der Waals surface area contributed by atoms with E-state index in [9.17, 15) is 0 Å². The third-order valence-corrected chi connectivity index (χ3v) is 2.95. The molecule has 0 aromatic carbocycles. The second-order valence-corrected chi connectivity index (χ2v) is 5.71. The van der Waals surface area contributed by atoms with Gasteiger partial charge in [0.25, 0.3) is 0 Å².